The summed E-state index contributed by atoms with van der Waals surface area (Å²) in [5, 5.41) is 13.6. The van der Waals surface area contributed by atoms with Crippen molar-refractivity contribution in [1.82, 2.24) is 14.7 Å². The van der Waals surface area contributed by atoms with E-state index < -0.39 is 29.7 Å². The summed E-state index contributed by atoms with van der Waals surface area (Å²) in [6, 6.07) is 7.30. The lowest BCUT2D eigenvalue weighted by atomic mass is 9.99. The van der Waals surface area contributed by atoms with Gasteiger partial charge < -0.3 is 14.4 Å². The van der Waals surface area contributed by atoms with Gasteiger partial charge in [0.25, 0.3) is 0 Å². The van der Waals surface area contributed by atoms with Gasteiger partial charge in [-0.2, -0.15) is 0 Å². The molecular weight excluding hydrogens is 513 g/mol. The molecule has 3 aromatic heterocycles. The summed E-state index contributed by atoms with van der Waals surface area (Å²) in [4.78, 5) is 16.1. The zero-order chi connectivity index (χ0) is 27.4. The molecule has 0 radical (unpaired) electrons. The van der Waals surface area contributed by atoms with Crippen molar-refractivity contribution in [2.24, 2.45) is 0 Å². The van der Waals surface area contributed by atoms with Crippen LogP contribution in [0.3, 0.4) is 0 Å². The quantitative estimate of drug-likeness (QED) is 0.251. The molecule has 5 aromatic rings. The number of nitrogens with zero attached hydrogens (tertiary/aromatic N) is 3. The van der Waals surface area contributed by atoms with Crippen molar-refractivity contribution in [2.45, 2.75) is 20.2 Å². The van der Waals surface area contributed by atoms with Gasteiger partial charge >= 0.3 is 12.3 Å². The van der Waals surface area contributed by atoms with Gasteiger partial charge in [-0.15, -0.1) is 13.2 Å². The maximum atomic E-state index is 14.8. The summed E-state index contributed by atoms with van der Waals surface area (Å²) in [7, 11) is 0. The molecule has 12 heteroatoms. The number of benzene rings is 2. The van der Waals surface area contributed by atoms with E-state index in [-0.39, 0.29) is 33.4 Å². The maximum Gasteiger partial charge on any atom is 0.573 e. The van der Waals surface area contributed by atoms with Gasteiger partial charge in [0.05, 0.1) is 16.9 Å². The van der Waals surface area contributed by atoms with Crippen LogP contribution in [0.5, 0.6) is 5.75 Å². The van der Waals surface area contributed by atoms with Crippen molar-refractivity contribution >= 4 is 17.0 Å². The number of pyridine rings is 1. The zero-order valence-electron chi connectivity index (χ0n) is 19.6. The Labute approximate surface area is 210 Å². The second kappa shape index (κ2) is 8.98. The van der Waals surface area contributed by atoms with Crippen LogP contribution in [0, 0.1) is 25.5 Å². The number of aryl methyl sites for hydroxylation is 2. The summed E-state index contributed by atoms with van der Waals surface area (Å²) in [6.45, 7) is 3.37. The number of aromatic carboxylic acids is 1. The molecule has 0 saturated heterocycles. The van der Waals surface area contributed by atoms with Gasteiger partial charge in [0.15, 0.2) is 0 Å². The van der Waals surface area contributed by atoms with E-state index in [1.807, 2.05) is 0 Å². The number of alkyl halides is 3. The van der Waals surface area contributed by atoms with Gasteiger partial charge in [0.1, 0.15) is 28.8 Å². The number of ether oxygens (including phenoxy) is 1. The number of hydrogen-bond acceptors (Lipinski definition) is 5. The average Bonchev–Trinajstić information content (AvgIpc) is 3.37. The lowest BCUT2D eigenvalue weighted by molar-refractivity contribution is -0.274. The largest absolute Gasteiger partial charge is 0.573 e. The number of carboxylic acid groups (broad SMARTS) is 1. The van der Waals surface area contributed by atoms with Crippen LogP contribution in [0.15, 0.2) is 59.4 Å². The first-order chi connectivity index (χ1) is 17.9. The molecule has 0 aliphatic rings. The van der Waals surface area contributed by atoms with Gasteiger partial charge in [-0.1, -0.05) is 5.16 Å². The van der Waals surface area contributed by atoms with Crippen molar-refractivity contribution in [3.05, 3.63) is 83.5 Å². The summed E-state index contributed by atoms with van der Waals surface area (Å²) >= 11 is 0. The topological polar surface area (TPSA) is 90.4 Å². The monoisotopic (exact) mass is 529 g/mol. The Morgan fingerprint density at radius 1 is 1.05 bits per heavy atom. The van der Waals surface area contributed by atoms with Gasteiger partial charge in [-0.3, -0.25) is 4.57 Å². The fraction of sp³-hybridized carbons (Fsp3) is 0.115. The fourth-order valence-corrected chi connectivity index (χ4v) is 4.30. The Bertz CT molecular complexity index is 1700. The molecule has 7 nitrogen and oxygen atoms in total. The van der Waals surface area contributed by atoms with Crippen LogP contribution in [0.4, 0.5) is 22.0 Å². The first kappa shape index (κ1) is 24.9. The van der Waals surface area contributed by atoms with E-state index >= 15 is 0 Å². The predicted molar refractivity (Wildman–Crippen MR) is 125 cm³/mol. The van der Waals surface area contributed by atoms with E-state index in [0.717, 1.165) is 30.3 Å². The second-order valence-electron chi connectivity index (χ2n) is 8.37. The number of rotatable bonds is 5. The average molecular weight is 529 g/mol. The Morgan fingerprint density at radius 3 is 2.45 bits per heavy atom. The van der Waals surface area contributed by atoms with E-state index in [9.17, 15) is 31.9 Å². The van der Waals surface area contributed by atoms with Crippen molar-refractivity contribution in [2.75, 3.05) is 0 Å². The van der Waals surface area contributed by atoms with Gasteiger partial charge in [-0.05, 0) is 50.2 Å². The number of carbonyl (C=O) groups is 1. The fourth-order valence-electron chi connectivity index (χ4n) is 4.30. The molecule has 5 rings (SSSR count). The SMILES string of the molecule is Cc1noc(C)c1-c1cnc2c(c1)c(-c1cc(C(=O)O)ccc1OC(F)(F)F)cn2-c1ccc(F)cc1F. The van der Waals surface area contributed by atoms with Crippen LogP contribution < -0.4 is 4.74 Å². The normalized spacial score (nSPS) is 11.8. The highest BCUT2D eigenvalue weighted by Gasteiger charge is 2.33. The Balaban J connectivity index is 1.85. The van der Waals surface area contributed by atoms with E-state index in [1.54, 1.807) is 19.9 Å². The molecule has 3 heterocycles. The minimum atomic E-state index is -5.08. The highest BCUT2D eigenvalue weighted by Crippen LogP contribution is 2.41. The first-order valence-corrected chi connectivity index (χ1v) is 11.0. The molecule has 0 atom stereocenters. The molecule has 0 amide bonds. The molecule has 0 spiro atoms. The molecule has 194 valence electrons. The van der Waals surface area contributed by atoms with Crippen LogP contribution in [0.2, 0.25) is 0 Å². The van der Waals surface area contributed by atoms with Crippen LogP contribution >= 0.6 is 0 Å². The van der Waals surface area contributed by atoms with Crippen LogP contribution in [-0.4, -0.2) is 32.1 Å². The third-order valence-electron chi connectivity index (χ3n) is 5.88. The Hall–Kier alpha value is -4.74. The Kier molecular flexibility index (Phi) is 5.89. The highest BCUT2D eigenvalue weighted by molar-refractivity contribution is 6.00. The molecule has 38 heavy (non-hydrogen) atoms. The van der Waals surface area contributed by atoms with Crippen LogP contribution in [0.1, 0.15) is 21.8 Å². The molecule has 0 aliphatic carbocycles. The standard InChI is InChI=1S/C26H16F5N3O4/c1-12-23(13(2)38-33-12)15-8-18-19(17-7-14(25(35)36)3-6-22(17)37-26(29,30)31)11-34(24(18)32-10-15)21-5-4-16(27)9-20(21)28/h3-11H,1-2H3,(H,35,36). The van der Waals surface area contributed by atoms with Crippen molar-refractivity contribution in [3.8, 4) is 33.7 Å². The number of fused-ring (bicyclic) bond motifs is 1. The van der Waals surface area contributed by atoms with Gasteiger partial charge in [0, 0.05) is 46.1 Å². The molecule has 0 unspecified atom stereocenters. The van der Waals surface area contributed by atoms with E-state index in [0.29, 0.717) is 28.6 Å². The van der Waals surface area contributed by atoms with E-state index in [4.69, 9.17) is 4.52 Å². The van der Waals surface area contributed by atoms with Gasteiger partial charge in [-0.25, -0.2) is 18.6 Å². The second-order valence-corrected chi connectivity index (χ2v) is 8.37. The summed E-state index contributed by atoms with van der Waals surface area (Å²) in [5.74, 6) is -3.37. The van der Waals surface area contributed by atoms with Crippen molar-refractivity contribution < 1.29 is 41.1 Å². The summed E-state index contributed by atoms with van der Waals surface area (Å²) in [5.41, 5.74) is 1.13. The van der Waals surface area contributed by atoms with Crippen LogP contribution in [0.25, 0.3) is 39.0 Å². The zero-order valence-corrected chi connectivity index (χ0v) is 19.6. The molecule has 2 aromatic carbocycles. The summed E-state index contributed by atoms with van der Waals surface area (Å²) < 4.78 is 78.8. The third-order valence-corrected chi connectivity index (χ3v) is 5.88. The molecule has 0 saturated carbocycles. The van der Waals surface area contributed by atoms with Crippen molar-refractivity contribution in [1.29, 1.82) is 0 Å². The minimum Gasteiger partial charge on any atom is -0.478 e. The Morgan fingerprint density at radius 2 is 1.82 bits per heavy atom. The first-order valence-electron chi connectivity index (χ1n) is 11.0. The van der Waals surface area contributed by atoms with E-state index in [2.05, 4.69) is 14.9 Å². The predicted octanol–water partition coefficient (Wildman–Crippen LogP) is 6.84. The number of halogens is 5. The smallest absolute Gasteiger partial charge is 0.478 e. The minimum absolute atomic E-state index is 0.0622. The molecule has 0 bridgehead atoms. The van der Waals surface area contributed by atoms with Gasteiger partial charge in [0.2, 0.25) is 0 Å². The highest BCUT2D eigenvalue weighted by atomic mass is 19.4. The van der Waals surface area contributed by atoms with E-state index in [1.165, 1.54) is 17.0 Å². The number of hydrogen-bond donors (Lipinski definition) is 1. The molecule has 0 aliphatic heterocycles. The lowest BCUT2D eigenvalue weighted by Gasteiger charge is -2.14. The third kappa shape index (κ3) is 4.44. The molecular formula is C26H16F5N3O4. The van der Waals surface area contributed by atoms with Crippen LogP contribution in [-0.2, 0) is 0 Å². The molecule has 1 N–H and O–H groups in total. The van der Waals surface area contributed by atoms with Crippen molar-refractivity contribution in [3.63, 3.8) is 0 Å². The molecule has 0 fully saturated rings. The maximum absolute atomic E-state index is 14.8. The lowest BCUT2D eigenvalue weighted by Crippen LogP contribution is -2.17. The number of aromatic nitrogens is 3. The number of carboxylic acids is 1. The summed E-state index contributed by atoms with van der Waals surface area (Å²) in [6.07, 6.45) is -2.34.